The van der Waals surface area contributed by atoms with Gasteiger partial charge in [-0.2, -0.15) is 0 Å². The number of hydrogen-bond donors (Lipinski definition) is 3. The third-order valence-corrected chi connectivity index (χ3v) is 2.07. The van der Waals surface area contributed by atoms with Crippen molar-refractivity contribution in [2.24, 2.45) is 0 Å². The van der Waals surface area contributed by atoms with Gasteiger partial charge in [0.15, 0.2) is 19.2 Å². The molecule has 0 aliphatic rings. The molecule has 3 N–H and O–H groups in total. The zero-order valence-corrected chi connectivity index (χ0v) is 12.5. The van der Waals surface area contributed by atoms with Gasteiger partial charge >= 0.3 is 13.6 Å². The minimum Gasteiger partial charge on any atom is -0.481 e. The predicted octanol–water partition coefficient (Wildman–Crippen LogP) is 1.27. The van der Waals surface area contributed by atoms with Gasteiger partial charge < -0.3 is 28.1 Å². The average Bonchev–Trinajstić information content (AvgIpc) is 3.24. The van der Waals surface area contributed by atoms with E-state index in [4.69, 9.17) is 14.9 Å². The Hall–Kier alpha value is -2.75. The van der Waals surface area contributed by atoms with Crippen LogP contribution in [0, 0.1) is 0 Å². The summed E-state index contributed by atoms with van der Waals surface area (Å²) >= 11 is 0. The molecule has 3 heterocycles. The van der Waals surface area contributed by atoms with Crippen LogP contribution in [0.5, 0.6) is 0 Å². The second-order valence-electron chi connectivity index (χ2n) is 3.24. The van der Waals surface area contributed by atoms with Gasteiger partial charge in [-0.15, -0.1) is 0 Å². The summed E-state index contributed by atoms with van der Waals surface area (Å²) < 4.78 is 23.2. The summed E-state index contributed by atoms with van der Waals surface area (Å²) in [5, 5.41) is 7.76. The first-order valence-electron chi connectivity index (χ1n) is 5.64. The highest BCUT2D eigenvalue weighted by Gasteiger charge is 2.17. The molecule has 0 atom stereocenters. The van der Waals surface area contributed by atoms with Crippen molar-refractivity contribution in [2.75, 3.05) is 6.16 Å². The van der Waals surface area contributed by atoms with E-state index in [9.17, 15) is 9.36 Å². The molecule has 0 aromatic carbocycles. The van der Waals surface area contributed by atoms with Gasteiger partial charge in [-0.05, 0) is 0 Å². The van der Waals surface area contributed by atoms with Gasteiger partial charge in [-0.1, -0.05) is 0 Å². The van der Waals surface area contributed by atoms with Crippen LogP contribution < -0.4 is 0 Å². The van der Waals surface area contributed by atoms with Crippen molar-refractivity contribution in [1.82, 2.24) is 15.0 Å². The van der Waals surface area contributed by atoms with Crippen LogP contribution in [0.15, 0.2) is 69.8 Å². The number of hydrogen-bond acceptors (Lipinski definition) is 8. The molecule has 0 radical (unpaired) electrons. The molecule has 0 spiro atoms. The Balaban J connectivity index is 0.000000286. The van der Waals surface area contributed by atoms with E-state index in [0.717, 1.165) is 0 Å². The van der Waals surface area contributed by atoms with E-state index in [2.05, 4.69) is 28.2 Å². The zero-order chi connectivity index (χ0) is 17.4. The van der Waals surface area contributed by atoms with Crippen LogP contribution in [0.1, 0.15) is 0 Å². The number of carbonyl (C=O) groups is 1. The van der Waals surface area contributed by atoms with E-state index in [1.807, 2.05) is 0 Å². The smallest absolute Gasteiger partial charge is 0.336 e. The van der Waals surface area contributed by atoms with Crippen LogP contribution in [0.4, 0.5) is 0 Å². The average molecular weight is 347 g/mol. The molecule has 12 heteroatoms. The van der Waals surface area contributed by atoms with Gasteiger partial charge in [-0.3, -0.25) is 9.36 Å². The third kappa shape index (κ3) is 19.2. The molecule has 0 bridgehead atoms. The molecule has 0 aliphatic carbocycles. The van der Waals surface area contributed by atoms with Crippen molar-refractivity contribution in [3.63, 3.8) is 0 Å². The fourth-order valence-electron chi connectivity index (χ4n) is 0.703. The van der Waals surface area contributed by atoms with Gasteiger partial charge in [0.05, 0.1) is 18.6 Å². The lowest BCUT2D eigenvalue weighted by Crippen LogP contribution is -2.01. The van der Waals surface area contributed by atoms with Crippen LogP contribution in [0.25, 0.3) is 0 Å². The number of aliphatic carboxylic acids is 1. The van der Waals surface area contributed by atoms with E-state index in [1.165, 1.54) is 38.0 Å². The van der Waals surface area contributed by atoms with Crippen LogP contribution in [-0.2, 0) is 9.36 Å². The summed E-state index contributed by atoms with van der Waals surface area (Å²) in [5.74, 6) is -1.49. The van der Waals surface area contributed by atoms with Gasteiger partial charge in [-0.25, -0.2) is 15.0 Å². The van der Waals surface area contributed by atoms with Crippen molar-refractivity contribution < 1.29 is 37.5 Å². The number of aromatic nitrogens is 3. The number of nitrogens with zero attached hydrogens (tertiary/aromatic N) is 3. The number of carboxylic acid groups (broad SMARTS) is 1. The number of carboxylic acids is 1. The Morgan fingerprint density at radius 1 is 0.870 bits per heavy atom. The maximum atomic E-state index is 9.76. The van der Waals surface area contributed by atoms with Crippen LogP contribution in [-0.4, -0.2) is 42.0 Å². The summed E-state index contributed by atoms with van der Waals surface area (Å²) in [7, 11) is -4.32. The summed E-state index contributed by atoms with van der Waals surface area (Å²) in [6, 6.07) is 0. The zero-order valence-electron chi connectivity index (χ0n) is 11.6. The molecular weight excluding hydrogens is 333 g/mol. The Morgan fingerprint density at radius 3 is 1.26 bits per heavy atom. The molecule has 126 valence electrons. The van der Waals surface area contributed by atoms with Gasteiger partial charge in [0.2, 0.25) is 0 Å². The largest absolute Gasteiger partial charge is 0.481 e. The molecule has 0 aliphatic heterocycles. The van der Waals surface area contributed by atoms with Crippen LogP contribution in [0.3, 0.4) is 0 Å². The molecule has 0 fully saturated rings. The minimum atomic E-state index is -4.32. The molecule has 0 amide bonds. The lowest BCUT2D eigenvalue weighted by Gasteiger charge is -1.95. The number of oxazole rings is 3. The van der Waals surface area contributed by atoms with Crippen LogP contribution >= 0.6 is 7.60 Å². The van der Waals surface area contributed by atoms with Crippen molar-refractivity contribution in [2.45, 2.75) is 0 Å². The lowest BCUT2D eigenvalue weighted by atomic mass is 10.8. The lowest BCUT2D eigenvalue weighted by molar-refractivity contribution is -0.134. The monoisotopic (exact) mass is 347 g/mol. The van der Waals surface area contributed by atoms with Crippen molar-refractivity contribution >= 4 is 13.6 Å². The van der Waals surface area contributed by atoms with Crippen molar-refractivity contribution in [1.29, 1.82) is 0 Å². The molecule has 3 aromatic rings. The Bertz CT molecular complexity index is 492. The van der Waals surface area contributed by atoms with Crippen LogP contribution in [0.2, 0.25) is 0 Å². The first kappa shape index (κ1) is 20.2. The standard InChI is InChI=1S/3C3H3NO.C2H5O5P/c3*1-2-5-3-4-1;3-2(4)1-8(5,6)7/h3*1-3H;1H2,(H,3,4)(H2,5,6,7). The molecule has 0 saturated heterocycles. The van der Waals surface area contributed by atoms with E-state index in [1.54, 1.807) is 18.6 Å². The fourth-order valence-corrected chi connectivity index (χ4v) is 1.06. The number of rotatable bonds is 2. The molecule has 3 aromatic heterocycles. The molecule has 0 unspecified atom stereocenters. The fraction of sp³-hybridized carbons (Fsp3) is 0.0909. The quantitative estimate of drug-likeness (QED) is 0.569. The van der Waals surface area contributed by atoms with E-state index >= 15 is 0 Å². The van der Waals surface area contributed by atoms with Crippen molar-refractivity contribution in [3.8, 4) is 0 Å². The Kier molecular flexibility index (Phi) is 11.4. The van der Waals surface area contributed by atoms with Gasteiger partial charge in [0.1, 0.15) is 25.0 Å². The maximum absolute atomic E-state index is 9.76. The summed E-state index contributed by atoms with van der Waals surface area (Å²) in [6.45, 7) is 0. The molecule has 3 rings (SSSR count). The second kappa shape index (κ2) is 13.0. The molecule has 23 heavy (non-hydrogen) atoms. The van der Waals surface area contributed by atoms with Crippen molar-refractivity contribution in [3.05, 3.63) is 56.6 Å². The first-order valence-corrected chi connectivity index (χ1v) is 7.44. The SMILES string of the molecule is O=C(O)CP(=O)(O)O.c1cocn1.c1cocn1.c1cocn1. The van der Waals surface area contributed by atoms with Gasteiger partial charge in [0.25, 0.3) is 0 Å². The van der Waals surface area contributed by atoms with E-state index in [-0.39, 0.29) is 0 Å². The normalized spacial score (nSPS) is 9.13. The summed E-state index contributed by atoms with van der Waals surface area (Å²) in [6.07, 6.45) is 12.3. The molecule has 11 nitrogen and oxygen atoms in total. The third-order valence-electron chi connectivity index (χ3n) is 1.38. The summed E-state index contributed by atoms with van der Waals surface area (Å²) in [5.41, 5.74) is 0. The van der Waals surface area contributed by atoms with E-state index in [0.29, 0.717) is 0 Å². The molecule has 0 saturated carbocycles. The predicted molar refractivity (Wildman–Crippen MR) is 74.1 cm³/mol. The molecular formula is C11H14N3O8P. The maximum Gasteiger partial charge on any atom is 0.336 e. The first-order chi connectivity index (χ1) is 10.9. The van der Waals surface area contributed by atoms with Gasteiger partial charge in [0, 0.05) is 0 Å². The van der Waals surface area contributed by atoms with E-state index < -0.39 is 19.7 Å². The summed E-state index contributed by atoms with van der Waals surface area (Å²) in [4.78, 5) is 36.0. The minimum absolute atomic E-state index is 1.09. The topological polar surface area (TPSA) is 173 Å². The second-order valence-corrected chi connectivity index (χ2v) is 4.89. The highest BCUT2D eigenvalue weighted by molar-refractivity contribution is 7.52. The highest BCUT2D eigenvalue weighted by Crippen LogP contribution is 2.33. The highest BCUT2D eigenvalue weighted by atomic mass is 31.2. The Morgan fingerprint density at radius 2 is 1.22 bits per heavy atom. The Labute approximate surface area is 129 Å².